The highest BCUT2D eigenvalue weighted by molar-refractivity contribution is 7.17. The molecule has 0 atom stereocenters. The predicted molar refractivity (Wildman–Crippen MR) is 95.1 cm³/mol. The number of anilines is 1. The molecule has 24 heavy (non-hydrogen) atoms. The van der Waals surface area contributed by atoms with E-state index in [4.69, 9.17) is 9.72 Å². The SMILES string of the molecule is O=Cc1sc(N2CCOCC2)nc1Cc1cnc2ccccc2c1. The number of nitrogens with zero attached hydrogens (tertiary/aromatic N) is 3. The van der Waals surface area contributed by atoms with Crippen LogP contribution in [0.3, 0.4) is 0 Å². The van der Waals surface area contributed by atoms with E-state index < -0.39 is 0 Å². The summed E-state index contributed by atoms with van der Waals surface area (Å²) < 4.78 is 5.38. The first kappa shape index (κ1) is 15.2. The zero-order valence-electron chi connectivity index (χ0n) is 13.1. The minimum Gasteiger partial charge on any atom is -0.378 e. The van der Waals surface area contributed by atoms with Crippen LogP contribution < -0.4 is 4.90 Å². The zero-order valence-corrected chi connectivity index (χ0v) is 14.0. The van der Waals surface area contributed by atoms with E-state index >= 15 is 0 Å². The first-order chi connectivity index (χ1) is 11.8. The highest BCUT2D eigenvalue weighted by Crippen LogP contribution is 2.27. The van der Waals surface area contributed by atoms with Gasteiger partial charge in [0.25, 0.3) is 0 Å². The van der Waals surface area contributed by atoms with E-state index in [2.05, 4.69) is 16.0 Å². The van der Waals surface area contributed by atoms with E-state index in [9.17, 15) is 4.79 Å². The van der Waals surface area contributed by atoms with Gasteiger partial charge in [0.15, 0.2) is 11.4 Å². The molecule has 0 saturated carbocycles. The minimum atomic E-state index is 0.618. The molecule has 0 radical (unpaired) electrons. The standard InChI is InChI=1S/C18H17N3O2S/c22-12-17-16(20-18(24-17)21-5-7-23-8-6-21)10-13-9-14-3-1-2-4-15(14)19-11-13/h1-4,9,11-12H,5-8,10H2. The first-order valence-corrected chi connectivity index (χ1v) is 8.76. The number of thiazole rings is 1. The molecule has 0 bridgehead atoms. The molecular weight excluding hydrogens is 322 g/mol. The second-order valence-electron chi connectivity index (χ2n) is 5.74. The van der Waals surface area contributed by atoms with Crippen LogP contribution in [0.1, 0.15) is 20.9 Å². The third-order valence-corrected chi connectivity index (χ3v) is 5.21. The molecule has 2 aromatic heterocycles. The van der Waals surface area contributed by atoms with Crippen LogP contribution in [0, 0.1) is 0 Å². The number of aldehydes is 1. The molecule has 0 unspecified atom stereocenters. The second kappa shape index (κ2) is 6.67. The maximum Gasteiger partial charge on any atom is 0.186 e. The van der Waals surface area contributed by atoms with Crippen LogP contribution in [-0.4, -0.2) is 42.6 Å². The fourth-order valence-electron chi connectivity index (χ4n) is 2.87. The Morgan fingerprint density at radius 2 is 2.08 bits per heavy atom. The van der Waals surface area contributed by atoms with Crippen LogP contribution >= 0.6 is 11.3 Å². The summed E-state index contributed by atoms with van der Waals surface area (Å²) in [5.41, 5.74) is 2.87. The van der Waals surface area contributed by atoms with Crippen LogP contribution in [0.25, 0.3) is 10.9 Å². The Labute approximate surface area is 143 Å². The van der Waals surface area contributed by atoms with E-state index in [1.165, 1.54) is 11.3 Å². The average molecular weight is 339 g/mol. The minimum absolute atomic E-state index is 0.618. The normalized spacial score (nSPS) is 14.9. The van der Waals surface area contributed by atoms with Gasteiger partial charge >= 0.3 is 0 Å². The van der Waals surface area contributed by atoms with Gasteiger partial charge in [0.2, 0.25) is 0 Å². The highest BCUT2D eigenvalue weighted by atomic mass is 32.1. The summed E-state index contributed by atoms with van der Waals surface area (Å²) in [5.74, 6) is 0. The molecule has 1 saturated heterocycles. The van der Waals surface area contributed by atoms with E-state index in [1.54, 1.807) is 0 Å². The third kappa shape index (κ3) is 3.02. The number of benzene rings is 1. The summed E-state index contributed by atoms with van der Waals surface area (Å²) in [6.45, 7) is 3.06. The Balaban J connectivity index is 1.62. The fraction of sp³-hybridized carbons (Fsp3) is 0.278. The van der Waals surface area contributed by atoms with Crippen molar-refractivity contribution in [1.29, 1.82) is 0 Å². The maximum absolute atomic E-state index is 11.4. The van der Waals surface area contributed by atoms with Gasteiger partial charge in [0.1, 0.15) is 0 Å². The number of carbonyl (C=O) groups excluding carboxylic acids is 1. The summed E-state index contributed by atoms with van der Waals surface area (Å²) in [4.78, 5) is 23.5. The van der Waals surface area contributed by atoms with Gasteiger partial charge < -0.3 is 9.64 Å². The molecular formula is C18H17N3O2S. The number of hydrogen-bond acceptors (Lipinski definition) is 6. The van der Waals surface area contributed by atoms with E-state index in [1.807, 2.05) is 30.5 Å². The Morgan fingerprint density at radius 3 is 2.92 bits per heavy atom. The van der Waals surface area contributed by atoms with Gasteiger partial charge in [0.05, 0.1) is 29.3 Å². The van der Waals surface area contributed by atoms with Gasteiger partial charge in [-0.3, -0.25) is 9.78 Å². The molecule has 1 aromatic carbocycles. The Hall–Kier alpha value is -2.31. The molecule has 0 amide bonds. The molecule has 0 aliphatic carbocycles. The molecule has 122 valence electrons. The average Bonchev–Trinajstić information content (AvgIpc) is 3.05. The van der Waals surface area contributed by atoms with Crippen LogP contribution in [0.2, 0.25) is 0 Å². The van der Waals surface area contributed by atoms with Crippen molar-refractivity contribution in [3.05, 3.63) is 52.7 Å². The lowest BCUT2D eigenvalue weighted by molar-refractivity contribution is 0.112. The molecule has 3 aromatic rings. The number of pyridine rings is 1. The number of morpholine rings is 1. The largest absolute Gasteiger partial charge is 0.378 e. The molecule has 0 N–H and O–H groups in total. The van der Waals surface area contributed by atoms with E-state index in [-0.39, 0.29) is 0 Å². The fourth-order valence-corrected chi connectivity index (χ4v) is 3.81. The molecule has 1 aliphatic heterocycles. The van der Waals surface area contributed by atoms with Crippen molar-refractivity contribution >= 4 is 33.7 Å². The Morgan fingerprint density at radius 1 is 1.25 bits per heavy atom. The molecule has 0 spiro atoms. The lowest BCUT2D eigenvalue weighted by Crippen LogP contribution is -2.36. The van der Waals surface area contributed by atoms with Gasteiger partial charge in [-0.2, -0.15) is 0 Å². The molecule has 4 rings (SSSR count). The Kier molecular flexibility index (Phi) is 4.23. The lowest BCUT2D eigenvalue weighted by Gasteiger charge is -2.26. The van der Waals surface area contributed by atoms with Crippen molar-refractivity contribution < 1.29 is 9.53 Å². The summed E-state index contributed by atoms with van der Waals surface area (Å²) in [7, 11) is 0. The van der Waals surface area contributed by atoms with Gasteiger partial charge in [-0.15, -0.1) is 0 Å². The summed E-state index contributed by atoms with van der Waals surface area (Å²) in [6.07, 6.45) is 3.39. The number of rotatable bonds is 4. The van der Waals surface area contributed by atoms with Crippen molar-refractivity contribution in [3.63, 3.8) is 0 Å². The smallest absolute Gasteiger partial charge is 0.186 e. The van der Waals surface area contributed by atoms with Gasteiger partial charge in [0, 0.05) is 31.1 Å². The van der Waals surface area contributed by atoms with Crippen molar-refractivity contribution in [1.82, 2.24) is 9.97 Å². The number of aromatic nitrogens is 2. The highest BCUT2D eigenvalue weighted by Gasteiger charge is 2.18. The number of ether oxygens (including phenoxy) is 1. The molecule has 1 aliphatic rings. The number of para-hydroxylation sites is 1. The summed E-state index contributed by atoms with van der Waals surface area (Å²) in [6, 6.07) is 10.1. The van der Waals surface area contributed by atoms with Crippen LogP contribution in [-0.2, 0) is 11.2 Å². The van der Waals surface area contributed by atoms with Gasteiger partial charge in [-0.05, 0) is 17.7 Å². The monoisotopic (exact) mass is 339 g/mol. The number of fused-ring (bicyclic) bond motifs is 1. The van der Waals surface area contributed by atoms with E-state index in [0.717, 1.165) is 46.7 Å². The van der Waals surface area contributed by atoms with Crippen LogP contribution in [0.4, 0.5) is 5.13 Å². The predicted octanol–water partition coefficient (Wildman–Crippen LogP) is 2.93. The molecule has 3 heterocycles. The molecule has 1 fully saturated rings. The molecule has 6 heteroatoms. The molecule has 5 nitrogen and oxygen atoms in total. The zero-order chi connectivity index (χ0) is 16.4. The van der Waals surface area contributed by atoms with E-state index in [0.29, 0.717) is 24.5 Å². The van der Waals surface area contributed by atoms with Gasteiger partial charge in [-0.1, -0.05) is 29.5 Å². The van der Waals surface area contributed by atoms with Crippen molar-refractivity contribution in [2.45, 2.75) is 6.42 Å². The van der Waals surface area contributed by atoms with Crippen LogP contribution in [0.5, 0.6) is 0 Å². The Bertz CT molecular complexity index is 872. The van der Waals surface area contributed by atoms with Crippen molar-refractivity contribution in [3.8, 4) is 0 Å². The summed E-state index contributed by atoms with van der Waals surface area (Å²) >= 11 is 1.46. The maximum atomic E-state index is 11.4. The quantitative estimate of drug-likeness (QED) is 0.684. The third-order valence-electron chi connectivity index (χ3n) is 4.12. The number of carbonyl (C=O) groups is 1. The van der Waals surface area contributed by atoms with Crippen molar-refractivity contribution in [2.75, 3.05) is 31.2 Å². The summed E-state index contributed by atoms with van der Waals surface area (Å²) in [5, 5.41) is 2.01. The number of hydrogen-bond donors (Lipinski definition) is 0. The first-order valence-electron chi connectivity index (χ1n) is 7.95. The van der Waals surface area contributed by atoms with Crippen LogP contribution in [0.15, 0.2) is 36.5 Å². The van der Waals surface area contributed by atoms with Crippen molar-refractivity contribution in [2.24, 2.45) is 0 Å². The lowest BCUT2D eigenvalue weighted by atomic mass is 10.1. The van der Waals surface area contributed by atoms with Gasteiger partial charge in [-0.25, -0.2) is 4.98 Å². The topological polar surface area (TPSA) is 55.3 Å². The second-order valence-corrected chi connectivity index (χ2v) is 6.75.